The maximum Gasteiger partial charge on any atom is 0.263 e. The first kappa shape index (κ1) is 15.4. The lowest BCUT2D eigenvalue weighted by Crippen LogP contribution is -2.00. The Kier molecular flexibility index (Phi) is 4.62. The molecule has 3 rings (SSSR count). The summed E-state index contributed by atoms with van der Waals surface area (Å²) in [5.41, 5.74) is 5.14. The van der Waals surface area contributed by atoms with Gasteiger partial charge in [-0.2, -0.15) is 10.2 Å². The molecular weight excluding hydrogens is 306 g/mol. The highest BCUT2D eigenvalue weighted by atomic mass is 16.5. The van der Waals surface area contributed by atoms with Gasteiger partial charge < -0.3 is 9.84 Å². The number of phenolic OH excluding ortho intramolecular Hbond substituents is 1. The van der Waals surface area contributed by atoms with E-state index in [-0.39, 0.29) is 5.75 Å². The average Bonchev–Trinajstić information content (AvgIpc) is 2.64. The summed E-state index contributed by atoms with van der Waals surface area (Å²) in [6.07, 6.45) is 3.16. The number of ether oxygens (including phenoxy) is 1. The molecule has 0 radical (unpaired) electrons. The van der Waals surface area contributed by atoms with Gasteiger partial charge in [-0.25, -0.2) is 10.4 Å². The van der Waals surface area contributed by atoms with Gasteiger partial charge in [0.2, 0.25) is 0 Å². The number of benzene rings is 2. The third kappa shape index (κ3) is 3.64. The number of nitrogens with zero attached hydrogens (tertiary/aromatic N) is 4. The van der Waals surface area contributed by atoms with Crippen LogP contribution in [0, 0.1) is 0 Å². The van der Waals surface area contributed by atoms with E-state index in [1.807, 2.05) is 30.3 Å². The Morgan fingerprint density at radius 2 is 2.00 bits per heavy atom. The van der Waals surface area contributed by atoms with Crippen LogP contribution in [0.15, 0.2) is 59.8 Å². The molecule has 7 nitrogen and oxygen atoms in total. The van der Waals surface area contributed by atoms with Crippen molar-refractivity contribution in [2.75, 3.05) is 12.5 Å². The molecule has 0 amide bonds. The van der Waals surface area contributed by atoms with Gasteiger partial charge in [-0.3, -0.25) is 0 Å². The minimum atomic E-state index is 0.0747. The van der Waals surface area contributed by atoms with E-state index in [1.54, 1.807) is 24.5 Å². The van der Waals surface area contributed by atoms with Crippen LogP contribution in [0.5, 0.6) is 11.5 Å². The van der Waals surface area contributed by atoms with Crippen molar-refractivity contribution < 1.29 is 9.84 Å². The largest absolute Gasteiger partial charge is 0.504 e. The molecule has 0 spiro atoms. The summed E-state index contributed by atoms with van der Waals surface area (Å²) in [4.78, 5) is 4.36. The number of aromatic hydroxyl groups is 1. The molecule has 1 heterocycles. The summed E-state index contributed by atoms with van der Waals surface area (Å²) in [5, 5.41) is 21.5. The number of phenols is 1. The van der Waals surface area contributed by atoms with Gasteiger partial charge in [0.05, 0.1) is 25.2 Å². The van der Waals surface area contributed by atoms with E-state index in [2.05, 4.69) is 25.7 Å². The summed E-state index contributed by atoms with van der Waals surface area (Å²) in [6, 6.07) is 14.6. The Morgan fingerprint density at radius 1 is 1.17 bits per heavy atom. The van der Waals surface area contributed by atoms with Crippen LogP contribution in [-0.4, -0.2) is 33.6 Å². The number of hydrazone groups is 1. The highest BCUT2D eigenvalue weighted by Crippen LogP contribution is 2.25. The van der Waals surface area contributed by atoms with Gasteiger partial charge in [0, 0.05) is 5.56 Å². The summed E-state index contributed by atoms with van der Waals surface area (Å²) in [7, 11) is 1.49. The van der Waals surface area contributed by atoms with E-state index in [0.717, 1.165) is 11.1 Å². The van der Waals surface area contributed by atoms with Crippen LogP contribution in [0.25, 0.3) is 11.3 Å². The topological polar surface area (TPSA) is 92.5 Å². The molecular formula is C17H15N5O2. The quantitative estimate of drug-likeness (QED) is 0.554. The Hall–Kier alpha value is -3.48. The van der Waals surface area contributed by atoms with E-state index in [4.69, 9.17) is 4.74 Å². The van der Waals surface area contributed by atoms with Crippen LogP contribution in [0.4, 0.5) is 5.95 Å². The minimum absolute atomic E-state index is 0.0747. The molecule has 1 aromatic heterocycles. The van der Waals surface area contributed by atoms with Crippen LogP contribution >= 0.6 is 0 Å². The molecule has 120 valence electrons. The predicted octanol–water partition coefficient (Wildman–Crippen LogP) is 2.70. The molecule has 0 aliphatic heterocycles. The highest BCUT2D eigenvalue weighted by molar-refractivity contribution is 5.81. The first-order valence-electron chi connectivity index (χ1n) is 7.17. The fourth-order valence-electron chi connectivity index (χ4n) is 2.04. The van der Waals surface area contributed by atoms with Gasteiger partial charge in [0.15, 0.2) is 11.5 Å². The van der Waals surface area contributed by atoms with Crippen molar-refractivity contribution in [2.24, 2.45) is 5.10 Å². The summed E-state index contributed by atoms with van der Waals surface area (Å²) >= 11 is 0. The monoisotopic (exact) mass is 321 g/mol. The fourth-order valence-corrected chi connectivity index (χ4v) is 2.04. The van der Waals surface area contributed by atoms with E-state index in [0.29, 0.717) is 17.4 Å². The molecule has 0 aliphatic rings. The molecule has 0 fully saturated rings. The number of aromatic nitrogens is 3. The van der Waals surface area contributed by atoms with Gasteiger partial charge in [0.25, 0.3) is 5.95 Å². The van der Waals surface area contributed by atoms with Crippen molar-refractivity contribution in [3.05, 3.63) is 60.3 Å². The van der Waals surface area contributed by atoms with Crippen LogP contribution < -0.4 is 10.2 Å². The van der Waals surface area contributed by atoms with Gasteiger partial charge in [-0.1, -0.05) is 30.3 Å². The Labute approximate surface area is 138 Å². The number of methoxy groups -OCH3 is 1. The lowest BCUT2D eigenvalue weighted by atomic mass is 10.2. The minimum Gasteiger partial charge on any atom is -0.504 e. The Morgan fingerprint density at radius 3 is 2.79 bits per heavy atom. The fraction of sp³-hybridized carbons (Fsp3) is 0.0588. The molecule has 7 heteroatoms. The van der Waals surface area contributed by atoms with Crippen LogP contribution in [0.2, 0.25) is 0 Å². The second-order valence-electron chi connectivity index (χ2n) is 4.83. The van der Waals surface area contributed by atoms with Gasteiger partial charge >= 0.3 is 0 Å². The number of hydrogen-bond acceptors (Lipinski definition) is 7. The van der Waals surface area contributed by atoms with Gasteiger partial charge in [-0.15, -0.1) is 5.10 Å². The zero-order valence-corrected chi connectivity index (χ0v) is 12.9. The zero-order valence-electron chi connectivity index (χ0n) is 12.9. The van der Waals surface area contributed by atoms with E-state index in [9.17, 15) is 5.11 Å². The van der Waals surface area contributed by atoms with Crippen LogP contribution in [0.3, 0.4) is 0 Å². The smallest absolute Gasteiger partial charge is 0.263 e. The third-order valence-corrected chi connectivity index (χ3v) is 3.21. The lowest BCUT2D eigenvalue weighted by molar-refractivity contribution is 0.373. The zero-order chi connectivity index (χ0) is 16.8. The van der Waals surface area contributed by atoms with Crippen LogP contribution in [-0.2, 0) is 0 Å². The van der Waals surface area contributed by atoms with Crippen molar-refractivity contribution in [3.8, 4) is 22.8 Å². The maximum atomic E-state index is 9.56. The molecule has 0 saturated carbocycles. The second-order valence-corrected chi connectivity index (χ2v) is 4.83. The van der Waals surface area contributed by atoms with E-state index >= 15 is 0 Å². The van der Waals surface area contributed by atoms with Crippen molar-refractivity contribution >= 4 is 12.2 Å². The molecule has 0 saturated heterocycles. The highest BCUT2D eigenvalue weighted by Gasteiger charge is 2.03. The number of hydrogen-bond donors (Lipinski definition) is 2. The van der Waals surface area contributed by atoms with Gasteiger partial charge in [0.1, 0.15) is 0 Å². The first-order valence-corrected chi connectivity index (χ1v) is 7.17. The summed E-state index contributed by atoms with van der Waals surface area (Å²) in [5.74, 6) is 0.743. The Bertz CT molecular complexity index is 853. The van der Waals surface area contributed by atoms with E-state index < -0.39 is 0 Å². The average molecular weight is 321 g/mol. The predicted molar refractivity (Wildman–Crippen MR) is 91.1 cm³/mol. The molecule has 0 bridgehead atoms. The number of rotatable bonds is 5. The molecule has 2 aromatic carbocycles. The second kappa shape index (κ2) is 7.19. The van der Waals surface area contributed by atoms with Crippen molar-refractivity contribution in [2.45, 2.75) is 0 Å². The molecule has 0 aliphatic carbocycles. The van der Waals surface area contributed by atoms with Crippen molar-refractivity contribution in [1.29, 1.82) is 0 Å². The van der Waals surface area contributed by atoms with Gasteiger partial charge in [-0.05, 0) is 23.8 Å². The summed E-state index contributed by atoms with van der Waals surface area (Å²) < 4.78 is 5.05. The molecule has 24 heavy (non-hydrogen) atoms. The maximum absolute atomic E-state index is 9.56. The first-order chi connectivity index (χ1) is 11.8. The van der Waals surface area contributed by atoms with E-state index in [1.165, 1.54) is 13.2 Å². The molecule has 3 aromatic rings. The summed E-state index contributed by atoms with van der Waals surface area (Å²) in [6.45, 7) is 0. The third-order valence-electron chi connectivity index (χ3n) is 3.21. The number of anilines is 1. The SMILES string of the molecule is COc1cc(/C=N\Nc2nncc(-c3ccccc3)n2)ccc1O. The normalized spacial score (nSPS) is 10.7. The molecule has 2 N–H and O–H groups in total. The standard InChI is InChI=1S/C17H15N5O2/c1-24-16-9-12(7-8-15(16)23)10-18-21-17-20-14(11-19-22-17)13-5-3-2-4-6-13/h2-11,23H,1H3,(H,20,21,22)/b18-10-. The Balaban J connectivity index is 1.73. The number of nitrogens with one attached hydrogen (secondary N) is 1. The lowest BCUT2D eigenvalue weighted by Gasteiger charge is -2.04. The molecule has 0 atom stereocenters. The van der Waals surface area contributed by atoms with Crippen molar-refractivity contribution in [1.82, 2.24) is 15.2 Å². The molecule has 0 unspecified atom stereocenters. The van der Waals surface area contributed by atoms with Crippen LogP contribution in [0.1, 0.15) is 5.56 Å². The van der Waals surface area contributed by atoms with Crippen molar-refractivity contribution in [3.63, 3.8) is 0 Å².